The number of piperidine rings is 1. The molecule has 3 aromatic rings. The number of aromatic nitrogens is 2. The van der Waals surface area contributed by atoms with E-state index in [-0.39, 0.29) is 12.2 Å². The van der Waals surface area contributed by atoms with E-state index in [0.717, 1.165) is 73.0 Å². The maximum Gasteiger partial charge on any atom is 0.141 e. The molecule has 0 amide bonds. The fourth-order valence-corrected chi connectivity index (χ4v) is 5.06. The summed E-state index contributed by atoms with van der Waals surface area (Å²) in [5.41, 5.74) is 3.17. The largest absolute Gasteiger partial charge is 0.371 e. The van der Waals surface area contributed by atoms with E-state index in [1.807, 2.05) is 30.0 Å². The molecule has 1 fully saturated rings. The van der Waals surface area contributed by atoms with Crippen LogP contribution in [0.4, 0.5) is 0 Å². The smallest absolute Gasteiger partial charge is 0.141 e. The molecule has 5 rings (SSSR count). The number of fused-ring (bicyclic) bond motifs is 1. The van der Waals surface area contributed by atoms with Crippen LogP contribution in [-0.4, -0.2) is 65.8 Å². The lowest BCUT2D eigenvalue weighted by molar-refractivity contribution is -0.0264. The minimum atomic E-state index is -0.205. The Morgan fingerprint density at radius 3 is 2.84 bits per heavy atom. The Morgan fingerprint density at radius 1 is 1.16 bits per heavy atom. The molecule has 2 N–H and O–H groups in total. The van der Waals surface area contributed by atoms with Crippen molar-refractivity contribution in [3.8, 4) is 0 Å². The van der Waals surface area contributed by atoms with E-state index >= 15 is 0 Å². The Kier molecular flexibility index (Phi) is 6.25. The molecule has 0 spiro atoms. The molecule has 1 saturated heterocycles. The van der Waals surface area contributed by atoms with Gasteiger partial charge in [0.15, 0.2) is 0 Å². The fraction of sp³-hybridized carbons (Fsp3) is 0.417. The Morgan fingerprint density at radius 2 is 2.03 bits per heavy atom. The highest BCUT2D eigenvalue weighted by Crippen LogP contribution is 2.32. The van der Waals surface area contributed by atoms with Crippen LogP contribution < -0.4 is 5.32 Å². The molecule has 1 unspecified atom stereocenters. The average Bonchev–Trinajstić information content (AvgIpc) is 3.47. The molecule has 2 aromatic carbocycles. The quantitative estimate of drug-likeness (QED) is 0.552. The third-order valence-electron chi connectivity index (χ3n) is 5.93. The predicted octanol–water partition coefficient (Wildman–Crippen LogP) is 3.86. The zero-order valence-corrected chi connectivity index (χ0v) is 18.7. The van der Waals surface area contributed by atoms with Gasteiger partial charge in [0.05, 0.1) is 29.4 Å². The third kappa shape index (κ3) is 4.95. The number of likely N-dealkylation sites (tertiary alicyclic amines) is 1. The zero-order chi connectivity index (χ0) is 21.0. The lowest BCUT2D eigenvalue weighted by Crippen LogP contribution is -2.35. The van der Waals surface area contributed by atoms with Gasteiger partial charge in [0.25, 0.3) is 0 Å². The van der Waals surface area contributed by atoms with Gasteiger partial charge in [-0.3, -0.25) is 4.99 Å². The van der Waals surface area contributed by atoms with E-state index in [2.05, 4.69) is 57.6 Å². The van der Waals surface area contributed by atoms with Crippen molar-refractivity contribution >= 4 is 28.6 Å². The highest BCUT2D eigenvalue weighted by atomic mass is 32.2. The van der Waals surface area contributed by atoms with E-state index in [1.54, 1.807) is 0 Å². The average molecular weight is 436 g/mol. The summed E-state index contributed by atoms with van der Waals surface area (Å²) in [4.78, 5) is 16.5. The topological polar surface area (TPSA) is 65.5 Å². The molecule has 7 heteroatoms. The summed E-state index contributed by atoms with van der Waals surface area (Å²) in [6.07, 6.45) is 2.13. The van der Waals surface area contributed by atoms with Crippen LogP contribution in [0.25, 0.3) is 11.0 Å². The third-order valence-corrected chi connectivity index (χ3v) is 6.94. The molecule has 1 atom stereocenters. The second-order valence-corrected chi connectivity index (χ2v) is 9.32. The first-order chi connectivity index (χ1) is 15.2. The summed E-state index contributed by atoms with van der Waals surface area (Å²) in [6, 6.07) is 16.9. The van der Waals surface area contributed by atoms with E-state index in [4.69, 9.17) is 9.72 Å². The molecule has 0 radical (unpaired) electrons. The number of H-pyrrole nitrogens is 1. The summed E-state index contributed by atoms with van der Waals surface area (Å²) >= 11 is 1.81. The van der Waals surface area contributed by atoms with Crippen molar-refractivity contribution in [2.45, 2.75) is 29.9 Å². The Labute approximate surface area is 187 Å². The van der Waals surface area contributed by atoms with Gasteiger partial charge in [-0.1, -0.05) is 24.3 Å². The highest BCUT2D eigenvalue weighted by Gasteiger charge is 2.26. The number of rotatable bonds is 7. The standard InChI is InChI=1S/C24H29N5OS/c1-29-13-9-18(10-14-29)30-23(24-27-20-7-2-3-8-21(20)28-24)17-5-4-6-19(15-17)31-16-22-25-11-12-26-22/h2-8,15,18,23H,9-14,16H2,1H3,(H,25,26)(H,27,28). The number of aliphatic imine (C=N–C) groups is 1. The van der Waals surface area contributed by atoms with Crippen LogP contribution >= 0.6 is 11.8 Å². The second-order valence-electron chi connectivity index (χ2n) is 8.27. The van der Waals surface area contributed by atoms with Gasteiger partial charge in [0.2, 0.25) is 0 Å². The number of hydrogen-bond acceptors (Lipinski definition) is 6. The number of nitrogens with zero attached hydrogens (tertiary/aromatic N) is 3. The van der Waals surface area contributed by atoms with Crippen molar-refractivity contribution in [3.63, 3.8) is 0 Å². The van der Waals surface area contributed by atoms with Crippen LogP contribution in [0.1, 0.15) is 30.3 Å². The molecule has 1 aromatic heterocycles. The van der Waals surface area contributed by atoms with E-state index < -0.39 is 0 Å². The van der Waals surface area contributed by atoms with Gasteiger partial charge in [-0.25, -0.2) is 4.98 Å². The van der Waals surface area contributed by atoms with Gasteiger partial charge < -0.3 is 19.9 Å². The summed E-state index contributed by atoms with van der Waals surface area (Å²) in [5, 5.41) is 3.35. The molecular weight excluding hydrogens is 406 g/mol. The van der Waals surface area contributed by atoms with Crippen LogP contribution in [0, 0.1) is 0 Å². The molecule has 6 nitrogen and oxygen atoms in total. The number of nitrogens with one attached hydrogen (secondary N) is 2. The van der Waals surface area contributed by atoms with Gasteiger partial charge in [-0.05, 0) is 49.7 Å². The van der Waals surface area contributed by atoms with E-state index in [9.17, 15) is 0 Å². The summed E-state index contributed by atoms with van der Waals surface area (Å²) in [7, 11) is 2.18. The van der Waals surface area contributed by atoms with Crippen LogP contribution in [0.2, 0.25) is 0 Å². The molecule has 162 valence electrons. The Hall–Kier alpha value is -2.35. The van der Waals surface area contributed by atoms with Crippen molar-refractivity contribution in [2.24, 2.45) is 4.99 Å². The van der Waals surface area contributed by atoms with Crippen molar-refractivity contribution in [2.75, 3.05) is 39.0 Å². The van der Waals surface area contributed by atoms with Crippen LogP contribution in [0.5, 0.6) is 0 Å². The Balaban J connectivity index is 1.41. The molecule has 2 aliphatic rings. The minimum Gasteiger partial charge on any atom is -0.371 e. The maximum absolute atomic E-state index is 6.71. The first-order valence-electron chi connectivity index (χ1n) is 11.0. The molecule has 0 saturated carbocycles. The predicted molar refractivity (Wildman–Crippen MR) is 127 cm³/mol. The number of aromatic amines is 1. The number of thioether (sulfide) groups is 1. The second kappa shape index (κ2) is 9.42. The molecule has 2 aliphatic heterocycles. The molecule has 0 bridgehead atoms. The van der Waals surface area contributed by atoms with Gasteiger partial charge in [0, 0.05) is 24.5 Å². The van der Waals surface area contributed by atoms with Crippen LogP contribution in [-0.2, 0) is 4.74 Å². The van der Waals surface area contributed by atoms with E-state index in [0.29, 0.717) is 0 Å². The zero-order valence-electron chi connectivity index (χ0n) is 17.9. The van der Waals surface area contributed by atoms with Crippen molar-refractivity contribution in [1.29, 1.82) is 0 Å². The number of hydrogen-bond donors (Lipinski definition) is 2. The molecule has 3 heterocycles. The van der Waals surface area contributed by atoms with Crippen LogP contribution in [0.3, 0.4) is 0 Å². The molecule has 0 aliphatic carbocycles. The van der Waals surface area contributed by atoms with E-state index in [1.165, 1.54) is 4.90 Å². The SMILES string of the molecule is CN1CCC(OC(c2cccc(SCC3=NCCN3)c2)c2nc3ccccc3[nH]2)CC1. The number of amidine groups is 1. The lowest BCUT2D eigenvalue weighted by Gasteiger charge is -2.31. The number of benzene rings is 2. The van der Waals surface area contributed by atoms with Gasteiger partial charge in [-0.2, -0.15) is 0 Å². The number of imidazole rings is 1. The first kappa shape index (κ1) is 20.5. The monoisotopic (exact) mass is 435 g/mol. The van der Waals surface area contributed by atoms with Gasteiger partial charge in [-0.15, -0.1) is 11.8 Å². The van der Waals surface area contributed by atoms with Crippen molar-refractivity contribution in [3.05, 3.63) is 59.9 Å². The minimum absolute atomic E-state index is 0.205. The normalized spacial score (nSPS) is 18.8. The van der Waals surface area contributed by atoms with Crippen molar-refractivity contribution < 1.29 is 4.74 Å². The van der Waals surface area contributed by atoms with Gasteiger partial charge >= 0.3 is 0 Å². The van der Waals surface area contributed by atoms with Crippen molar-refractivity contribution in [1.82, 2.24) is 20.2 Å². The summed E-state index contributed by atoms with van der Waals surface area (Å²) < 4.78 is 6.71. The highest BCUT2D eigenvalue weighted by molar-refractivity contribution is 8.00. The summed E-state index contributed by atoms with van der Waals surface area (Å²) in [5.74, 6) is 2.84. The maximum atomic E-state index is 6.71. The summed E-state index contributed by atoms with van der Waals surface area (Å²) in [6.45, 7) is 3.98. The number of ether oxygens (including phenoxy) is 1. The van der Waals surface area contributed by atoms with Gasteiger partial charge in [0.1, 0.15) is 17.8 Å². The molecule has 31 heavy (non-hydrogen) atoms. The lowest BCUT2D eigenvalue weighted by atomic mass is 10.1. The number of para-hydroxylation sites is 2. The first-order valence-corrected chi connectivity index (χ1v) is 12.0. The fourth-order valence-electron chi connectivity index (χ4n) is 4.17. The molecular formula is C24H29N5OS. The van der Waals surface area contributed by atoms with Crippen LogP contribution in [0.15, 0.2) is 58.4 Å². The Bertz CT molecular complexity index is 1020.